The molecule has 2 aromatic heterocycles. The Bertz CT molecular complexity index is 621. The van der Waals surface area contributed by atoms with Crippen molar-refractivity contribution in [3.8, 4) is 0 Å². The molecule has 0 saturated carbocycles. The highest BCUT2D eigenvalue weighted by molar-refractivity contribution is 5.48. The van der Waals surface area contributed by atoms with Crippen molar-refractivity contribution in [2.24, 2.45) is 11.8 Å². The van der Waals surface area contributed by atoms with Crippen LogP contribution in [0.1, 0.15) is 27.7 Å². The molecule has 4 heteroatoms. The first-order valence-electron chi connectivity index (χ1n) is 7.20. The lowest BCUT2D eigenvalue weighted by Gasteiger charge is -2.27. The molecule has 4 nitrogen and oxygen atoms in total. The number of fused-ring (bicyclic) bond motifs is 1. The van der Waals surface area contributed by atoms with Crippen molar-refractivity contribution >= 4 is 11.5 Å². The highest BCUT2D eigenvalue weighted by Gasteiger charge is 2.13. The molecule has 0 spiro atoms. The van der Waals surface area contributed by atoms with Gasteiger partial charge in [0.05, 0.1) is 0 Å². The van der Waals surface area contributed by atoms with E-state index in [0.717, 1.165) is 18.9 Å². The average Bonchev–Trinajstić information content (AvgIpc) is 2.37. The summed E-state index contributed by atoms with van der Waals surface area (Å²) in [5.74, 6) is 1.85. The summed E-state index contributed by atoms with van der Waals surface area (Å²) in [4.78, 5) is 19.0. The van der Waals surface area contributed by atoms with E-state index in [1.165, 1.54) is 0 Å². The van der Waals surface area contributed by atoms with Crippen molar-refractivity contribution in [2.45, 2.75) is 27.7 Å². The Morgan fingerprint density at radius 1 is 1.15 bits per heavy atom. The molecule has 2 rings (SSSR count). The maximum absolute atomic E-state index is 12.2. The van der Waals surface area contributed by atoms with Crippen LogP contribution in [-0.2, 0) is 0 Å². The van der Waals surface area contributed by atoms with E-state index in [4.69, 9.17) is 0 Å². The molecular formula is C16H23N3O. The van der Waals surface area contributed by atoms with Gasteiger partial charge in [-0.05, 0) is 24.0 Å². The number of aromatic nitrogens is 2. The van der Waals surface area contributed by atoms with Gasteiger partial charge in [-0.2, -0.15) is 0 Å². The van der Waals surface area contributed by atoms with Gasteiger partial charge in [0.15, 0.2) is 0 Å². The first-order valence-corrected chi connectivity index (χ1v) is 7.20. The van der Waals surface area contributed by atoms with E-state index in [1.807, 2.05) is 18.2 Å². The summed E-state index contributed by atoms with van der Waals surface area (Å²) < 4.78 is 1.58. The average molecular weight is 273 g/mol. The summed E-state index contributed by atoms with van der Waals surface area (Å²) in [6.45, 7) is 10.5. The van der Waals surface area contributed by atoms with Crippen LogP contribution >= 0.6 is 0 Å². The van der Waals surface area contributed by atoms with Crippen LogP contribution < -0.4 is 10.5 Å². The van der Waals surface area contributed by atoms with Crippen molar-refractivity contribution in [3.63, 3.8) is 0 Å². The largest absolute Gasteiger partial charge is 0.356 e. The van der Waals surface area contributed by atoms with Crippen LogP contribution in [0.25, 0.3) is 5.65 Å². The number of rotatable bonds is 5. The van der Waals surface area contributed by atoms with Gasteiger partial charge in [0.2, 0.25) is 0 Å². The number of nitrogens with zero attached hydrogens (tertiary/aromatic N) is 3. The standard InChI is InChI=1S/C16H23N3O/c1-12(2)10-18(11-13(3)4)15-9-16(20)19-8-6-5-7-14(19)17-15/h5-9,12-13H,10-11H2,1-4H3. The smallest absolute Gasteiger partial charge is 0.259 e. The van der Waals surface area contributed by atoms with Crippen molar-refractivity contribution in [3.05, 3.63) is 40.8 Å². The number of pyridine rings is 1. The molecule has 0 atom stereocenters. The predicted octanol–water partition coefficient (Wildman–Crippen LogP) is 2.81. The maximum atomic E-state index is 12.2. The topological polar surface area (TPSA) is 37.6 Å². The summed E-state index contributed by atoms with van der Waals surface area (Å²) >= 11 is 0. The second kappa shape index (κ2) is 6.07. The molecule has 0 radical (unpaired) electrons. The van der Waals surface area contributed by atoms with E-state index in [2.05, 4.69) is 37.6 Å². The van der Waals surface area contributed by atoms with Crippen molar-refractivity contribution in [1.82, 2.24) is 9.38 Å². The summed E-state index contributed by atoms with van der Waals surface area (Å²) in [7, 11) is 0. The van der Waals surface area contributed by atoms with Gasteiger partial charge in [0.25, 0.3) is 5.56 Å². The molecule has 0 aliphatic heterocycles. The predicted molar refractivity (Wildman–Crippen MR) is 83.4 cm³/mol. The van der Waals surface area contributed by atoms with E-state index in [9.17, 15) is 4.79 Å². The number of hydrogen-bond acceptors (Lipinski definition) is 3. The number of hydrogen-bond donors (Lipinski definition) is 0. The zero-order valence-corrected chi connectivity index (χ0v) is 12.7. The summed E-state index contributed by atoms with van der Waals surface area (Å²) in [6.07, 6.45) is 1.75. The molecule has 0 aliphatic carbocycles. The lowest BCUT2D eigenvalue weighted by Crippen LogP contribution is -2.33. The fourth-order valence-corrected chi connectivity index (χ4v) is 2.35. The van der Waals surface area contributed by atoms with E-state index >= 15 is 0 Å². The quantitative estimate of drug-likeness (QED) is 0.840. The van der Waals surface area contributed by atoms with Crippen LogP contribution in [0, 0.1) is 11.8 Å². The lowest BCUT2D eigenvalue weighted by atomic mass is 10.1. The molecule has 108 valence electrons. The summed E-state index contributed by atoms with van der Waals surface area (Å²) in [5, 5.41) is 0. The molecule has 0 unspecified atom stereocenters. The van der Waals surface area contributed by atoms with Crippen LogP contribution in [0.15, 0.2) is 35.3 Å². The van der Waals surface area contributed by atoms with Crippen molar-refractivity contribution in [2.75, 3.05) is 18.0 Å². The molecule has 2 aromatic rings. The molecule has 2 heterocycles. The minimum atomic E-state index is -0.0249. The first-order chi connectivity index (χ1) is 9.47. The van der Waals surface area contributed by atoms with Crippen LogP contribution in [0.4, 0.5) is 5.82 Å². The highest BCUT2D eigenvalue weighted by Crippen LogP contribution is 2.14. The van der Waals surface area contributed by atoms with Crippen molar-refractivity contribution < 1.29 is 0 Å². The molecule has 0 aromatic carbocycles. The molecule has 0 amide bonds. The Kier molecular flexibility index (Phi) is 4.42. The van der Waals surface area contributed by atoms with Gasteiger partial charge in [-0.3, -0.25) is 9.20 Å². The van der Waals surface area contributed by atoms with Gasteiger partial charge in [-0.25, -0.2) is 4.98 Å². The van der Waals surface area contributed by atoms with Crippen LogP contribution in [0.2, 0.25) is 0 Å². The summed E-state index contributed by atoms with van der Waals surface area (Å²) in [6, 6.07) is 7.25. The normalized spacial score (nSPS) is 11.5. The van der Waals surface area contributed by atoms with Gasteiger partial charge >= 0.3 is 0 Å². The molecule has 0 saturated heterocycles. The molecule has 0 aliphatic rings. The molecule has 0 N–H and O–H groups in total. The Morgan fingerprint density at radius 3 is 2.40 bits per heavy atom. The third-order valence-corrected chi connectivity index (χ3v) is 3.05. The highest BCUT2D eigenvalue weighted by atomic mass is 16.1. The van der Waals surface area contributed by atoms with E-state index in [-0.39, 0.29) is 5.56 Å². The molecule has 20 heavy (non-hydrogen) atoms. The SMILES string of the molecule is CC(C)CN(CC(C)C)c1cc(=O)n2ccccc2n1. The fraction of sp³-hybridized carbons (Fsp3) is 0.500. The third kappa shape index (κ3) is 3.38. The molecule has 0 fully saturated rings. The van der Waals surface area contributed by atoms with Crippen LogP contribution in [-0.4, -0.2) is 22.5 Å². The minimum Gasteiger partial charge on any atom is -0.356 e. The fourth-order valence-electron chi connectivity index (χ4n) is 2.35. The Labute approximate surface area is 120 Å². The Hall–Kier alpha value is -1.84. The van der Waals surface area contributed by atoms with Gasteiger partial charge < -0.3 is 4.90 Å². The minimum absolute atomic E-state index is 0.0249. The lowest BCUT2D eigenvalue weighted by molar-refractivity contribution is 0.548. The molecular weight excluding hydrogens is 250 g/mol. The van der Waals surface area contributed by atoms with E-state index < -0.39 is 0 Å². The third-order valence-electron chi connectivity index (χ3n) is 3.05. The Balaban J connectivity index is 2.44. The van der Waals surface area contributed by atoms with Crippen molar-refractivity contribution in [1.29, 1.82) is 0 Å². The van der Waals surface area contributed by atoms with Gasteiger partial charge in [0, 0.05) is 25.4 Å². The number of anilines is 1. The van der Waals surface area contributed by atoms with Gasteiger partial charge in [-0.1, -0.05) is 33.8 Å². The van der Waals surface area contributed by atoms with Gasteiger partial charge in [0.1, 0.15) is 11.5 Å². The zero-order chi connectivity index (χ0) is 14.7. The van der Waals surface area contributed by atoms with Crippen LogP contribution in [0.5, 0.6) is 0 Å². The zero-order valence-electron chi connectivity index (χ0n) is 12.7. The van der Waals surface area contributed by atoms with E-state index in [1.54, 1.807) is 16.7 Å². The van der Waals surface area contributed by atoms with Crippen LogP contribution in [0.3, 0.4) is 0 Å². The van der Waals surface area contributed by atoms with Gasteiger partial charge in [-0.15, -0.1) is 0 Å². The summed E-state index contributed by atoms with van der Waals surface area (Å²) in [5.41, 5.74) is 0.677. The van der Waals surface area contributed by atoms with E-state index in [0.29, 0.717) is 17.5 Å². The Morgan fingerprint density at radius 2 is 1.80 bits per heavy atom. The maximum Gasteiger partial charge on any atom is 0.259 e. The first kappa shape index (κ1) is 14.6. The monoisotopic (exact) mass is 273 g/mol. The second-order valence-electron chi connectivity index (χ2n) is 6.07. The second-order valence-corrected chi connectivity index (χ2v) is 6.07. The molecule has 0 bridgehead atoms.